The lowest BCUT2D eigenvalue weighted by Gasteiger charge is -2.19. The molecule has 9 heteroatoms. The van der Waals surface area contributed by atoms with Crippen LogP contribution in [0.5, 0.6) is 0 Å². The summed E-state index contributed by atoms with van der Waals surface area (Å²) in [7, 11) is 1.65. The van der Waals surface area contributed by atoms with Gasteiger partial charge in [-0.15, -0.1) is 10.2 Å². The third-order valence-electron chi connectivity index (χ3n) is 3.94. The van der Waals surface area contributed by atoms with Crippen molar-refractivity contribution in [1.29, 1.82) is 0 Å². The molecule has 1 aliphatic heterocycles. The van der Waals surface area contributed by atoms with E-state index in [1.165, 1.54) is 4.90 Å². The third-order valence-corrected chi connectivity index (χ3v) is 3.94. The molecule has 0 saturated carbocycles. The maximum atomic E-state index is 12.4. The minimum atomic E-state index is -0.790. The molecule has 1 unspecified atom stereocenters. The first-order valence-electron chi connectivity index (χ1n) is 8.09. The van der Waals surface area contributed by atoms with Crippen molar-refractivity contribution < 1.29 is 14.4 Å². The second-order valence-electron chi connectivity index (χ2n) is 6.19. The van der Waals surface area contributed by atoms with E-state index < -0.39 is 12.1 Å². The molecule has 2 heterocycles. The van der Waals surface area contributed by atoms with Crippen LogP contribution in [0.4, 0.5) is 4.79 Å². The van der Waals surface area contributed by atoms with Crippen LogP contribution < -0.4 is 5.32 Å². The SMILES string of the molecule is CCCN1C(=O)NC(CC(=O)N(C)Cc2nncn2C(C)C)C1=O. The van der Waals surface area contributed by atoms with E-state index in [4.69, 9.17) is 0 Å². The molecule has 0 radical (unpaired) electrons. The Hall–Kier alpha value is -2.45. The van der Waals surface area contributed by atoms with Gasteiger partial charge in [-0.2, -0.15) is 0 Å². The van der Waals surface area contributed by atoms with E-state index >= 15 is 0 Å². The van der Waals surface area contributed by atoms with Crippen LogP contribution in [0.1, 0.15) is 45.5 Å². The molecule has 0 bridgehead atoms. The predicted octanol–water partition coefficient (Wildman–Crippen LogP) is 0.538. The smallest absolute Gasteiger partial charge is 0.324 e. The zero-order valence-electron chi connectivity index (χ0n) is 14.5. The van der Waals surface area contributed by atoms with Crippen molar-refractivity contribution in [2.75, 3.05) is 13.6 Å². The lowest BCUT2D eigenvalue weighted by atomic mass is 10.2. The fourth-order valence-corrected chi connectivity index (χ4v) is 2.59. The van der Waals surface area contributed by atoms with Gasteiger partial charge in [0.05, 0.1) is 13.0 Å². The number of amides is 4. The summed E-state index contributed by atoms with van der Waals surface area (Å²) in [5.74, 6) is 0.106. The van der Waals surface area contributed by atoms with Crippen molar-refractivity contribution in [2.45, 2.75) is 52.2 Å². The van der Waals surface area contributed by atoms with Gasteiger partial charge < -0.3 is 14.8 Å². The van der Waals surface area contributed by atoms with Gasteiger partial charge >= 0.3 is 6.03 Å². The number of nitrogens with zero attached hydrogens (tertiary/aromatic N) is 5. The zero-order chi connectivity index (χ0) is 17.9. The Balaban J connectivity index is 1.96. The minimum absolute atomic E-state index is 0.0584. The second kappa shape index (κ2) is 7.41. The normalized spacial score (nSPS) is 17.5. The Morgan fingerprint density at radius 2 is 2.12 bits per heavy atom. The maximum absolute atomic E-state index is 12.4. The molecule has 1 aromatic rings. The first kappa shape index (κ1) is 17.9. The van der Waals surface area contributed by atoms with Crippen LogP contribution in [0, 0.1) is 0 Å². The van der Waals surface area contributed by atoms with Crippen LogP contribution >= 0.6 is 0 Å². The topological polar surface area (TPSA) is 100 Å². The number of carbonyl (C=O) groups excluding carboxylic acids is 3. The van der Waals surface area contributed by atoms with Gasteiger partial charge in [-0.3, -0.25) is 14.5 Å². The molecule has 0 spiro atoms. The molecule has 1 aromatic heterocycles. The summed E-state index contributed by atoms with van der Waals surface area (Å²) in [5.41, 5.74) is 0. The summed E-state index contributed by atoms with van der Waals surface area (Å²) in [6, 6.07) is -1.03. The minimum Gasteiger partial charge on any atom is -0.338 e. The van der Waals surface area contributed by atoms with Crippen LogP contribution in [0.3, 0.4) is 0 Å². The fraction of sp³-hybridized carbons (Fsp3) is 0.667. The molecular formula is C15H24N6O3. The summed E-state index contributed by atoms with van der Waals surface area (Å²) in [4.78, 5) is 39.0. The highest BCUT2D eigenvalue weighted by molar-refractivity contribution is 6.05. The highest BCUT2D eigenvalue weighted by atomic mass is 16.2. The van der Waals surface area contributed by atoms with Gasteiger partial charge in [0.1, 0.15) is 12.4 Å². The van der Waals surface area contributed by atoms with Crippen LogP contribution in [0.2, 0.25) is 0 Å². The molecular weight excluding hydrogens is 312 g/mol. The molecule has 1 N–H and O–H groups in total. The quantitative estimate of drug-likeness (QED) is 0.732. The lowest BCUT2D eigenvalue weighted by Crippen LogP contribution is -2.37. The number of imide groups is 1. The predicted molar refractivity (Wildman–Crippen MR) is 85.8 cm³/mol. The summed E-state index contributed by atoms with van der Waals surface area (Å²) < 4.78 is 1.88. The highest BCUT2D eigenvalue weighted by Crippen LogP contribution is 2.13. The Labute approximate surface area is 141 Å². The maximum Gasteiger partial charge on any atom is 0.324 e. The van der Waals surface area contributed by atoms with Crippen LogP contribution in [-0.2, 0) is 16.1 Å². The molecule has 0 aliphatic carbocycles. The monoisotopic (exact) mass is 336 g/mol. The van der Waals surface area contributed by atoms with Crippen molar-refractivity contribution in [3.05, 3.63) is 12.2 Å². The molecule has 1 atom stereocenters. The van der Waals surface area contributed by atoms with E-state index in [0.717, 1.165) is 4.90 Å². The number of nitrogens with one attached hydrogen (secondary N) is 1. The largest absolute Gasteiger partial charge is 0.338 e. The van der Waals surface area contributed by atoms with Gasteiger partial charge in [-0.25, -0.2) is 4.79 Å². The van der Waals surface area contributed by atoms with E-state index in [-0.39, 0.29) is 24.3 Å². The van der Waals surface area contributed by atoms with E-state index in [0.29, 0.717) is 25.3 Å². The first-order valence-corrected chi connectivity index (χ1v) is 8.09. The van der Waals surface area contributed by atoms with Crippen molar-refractivity contribution >= 4 is 17.8 Å². The molecule has 1 aliphatic rings. The summed E-state index contributed by atoms with van der Waals surface area (Å²) in [5, 5.41) is 10.5. The molecule has 0 aromatic carbocycles. The second-order valence-corrected chi connectivity index (χ2v) is 6.19. The van der Waals surface area contributed by atoms with Crippen molar-refractivity contribution in [3.63, 3.8) is 0 Å². The molecule has 24 heavy (non-hydrogen) atoms. The number of aromatic nitrogens is 3. The van der Waals surface area contributed by atoms with Gasteiger partial charge in [-0.05, 0) is 20.3 Å². The highest BCUT2D eigenvalue weighted by Gasteiger charge is 2.38. The average molecular weight is 336 g/mol. The Morgan fingerprint density at radius 3 is 2.75 bits per heavy atom. The van der Waals surface area contributed by atoms with Gasteiger partial charge in [0.15, 0.2) is 5.82 Å². The Bertz CT molecular complexity index is 626. The van der Waals surface area contributed by atoms with Crippen molar-refractivity contribution in [3.8, 4) is 0 Å². The van der Waals surface area contributed by atoms with E-state index in [9.17, 15) is 14.4 Å². The Morgan fingerprint density at radius 1 is 1.42 bits per heavy atom. The summed E-state index contributed by atoms with van der Waals surface area (Å²) in [6.45, 7) is 6.55. The van der Waals surface area contributed by atoms with Gasteiger partial charge in [0.25, 0.3) is 5.91 Å². The number of carbonyl (C=O) groups is 3. The van der Waals surface area contributed by atoms with Gasteiger partial charge in [-0.1, -0.05) is 6.92 Å². The van der Waals surface area contributed by atoms with Crippen LogP contribution in [-0.4, -0.2) is 62.0 Å². The molecule has 4 amide bonds. The fourth-order valence-electron chi connectivity index (χ4n) is 2.59. The standard InChI is InChI=1S/C15H24N6O3/c1-5-6-20-14(23)11(17-15(20)24)7-13(22)19(4)8-12-18-16-9-21(12)10(2)3/h9-11H,5-8H2,1-4H3,(H,17,24). The van der Waals surface area contributed by atoms with E-state index in [1.54, 1.807) is 13.4 Å². The van der Waals surface area contributed by atoms with E-state index in [2.05, 4.69) is 15.5 Å². The molecule has 132 valence electrons. The van der Waals surface area contributed by atoms with Crippen molar-refractivity contribution in [2.24, 2.45) is 0 Å². The molecule has 1 fully saturated rings. The molecule has 1 saturated heterocycles. The third kappa shape index (κ3) is 3.72. The summed E-state index contributed by atoms with van der Waals surface area (Å²) in [6.07, 6.45) is 2.25. The number of urea groups is 1. The zero-order valence-corrected chi connectivity index (χ0v) is 14.5. The van der Waals surface area contributed by atoms with Crippen molar-refractivity contribution in [1.82, 2.24) is 29.9 Å². The number of hydrogen-bond acceptors (Lipinski definition) is 5. The molecule has 9 nitrogen and oxygen atoms in total. The molecule has 2 rings (SSSR count). The first-order chi connectivity index (χ1) is 11.3. The Kier molecular flexibility index (Phi) is 5.53. The summed E-state index contributed by atoms with van der Waals surface area (Å²) >= 11 is 0. The van der Waals surface area contributed by atoms with Crippen LogP contribution in [0.25, 0.3) is 0 Å². The number of rotatable bonds is 7. The van der Waals surface area contributed by atoms with E-state index in [1.807, 2.05) is 25.3 Å². The average Bonchev–Trinajstić information content (AvgIpc) is 3.08. The lowest BCUT2D eigenvalue weighted by molar-refractivity contribution is -0.135. The van der Waals surface area contributed by atoms with Gasteiger partial charge in [0.2, 0.25) is 5.91 Å². The van der Waals surface area contributed by atoms with Gasteiger partial charge in [0, 0.05) is 19.6 Å². The number of hydrogen-bond donors (Lipinski definition) is 1. The van der Waals surface area contributed by atoms with Crippen LogP contribution in [0.15, 0.2) is 6.33 Å².